The highest BCUT2D eigenvalue weighted by molar-refractivity contribution is 9.11. The predicted octanol–water partition coefficient (Wildman–Crippen LogP) is 4.90. The molecule has 0 spiro atoms. The standard InChI is InChI=1S/C17H11Br2FN2O2/c1-24-16-10(7-12(18)8-13(16)19)6-11(9-21)17(23)22-15-5-3-2-4-14(15)20/h2-8H,1H3,(H,22,23)/b11-6+. The van der Waals surface area contributed by atoms with E-state index < -0.39 is 11.7 Å². The number of hydrogen-bond donors (Lipinski definition) is 1. The summed E-state index contributed by atoms with van der Waals surface area (Å²) in [5, 5.41) is 11.6. The van der Waals surface area contributed by atoms with Crippen molar-refractivity contribution in [1.29, 1.82) is 5.26 Å². The minimum atomic E-state index is -0.708. The second-order valence-electron chi connectivity index (χ2n) is 4.61. The highest BCUT2D eigenvalue weighted by atomic mass is 79.9. The average molecular weight is 454 g/mol. The van der Waals surface area contributed by atoms with Crippen LogP contribution < -0.4 is 10.1 Å². The molecule has 4 nitrogen and oxygen atoms in total. The first-order valence-electron chi connectivity index (χ1n) is 6.67. The van der Waals surface area contributed by atoms with E-state index in [2.05, 4.69) is 37.2 Å². The maximum atomic E-state index is 13.6. The summed E-state index contributed by atoms with van der Waals surface area (Å²) in [6, 6.07) is 11.0. The molecule has 0 heterocycles. The van der Waals surface area contributed by atoms with Crippen LogP contribution in [-0.4, -0.2) is 13.0 Å². The molecular formula is C17H11Br2FN2O2. The first-order valence-corrected chi connectivity index (χ1v) is 8.25. The SMILES string of the molecule is COc1c(Br)cc(Br)cc1/C=C(\C#N)C(=O)Nc1ccccc1F. The van der Waals surface area contributed by atoms with E-state index in [1.165, 1.54) is 31.4 Å². The minimum absolute atomic E-state index is 0.00559. The topological polar surface area (TPSA) is 62.1 Å². The Morgan fingerprint density at radius 3 is 2.67 bits per heavy atom. The van der Waals surface area contributed by atoms with Crippen molar-refractivity contribution in [3.8, 4) is 11.8 Å². The first kappa shape index (κ1) is 18.2. The summed E-state index contributed by atoms with van der Waals surface area (Å²) in [4.78, 5) is 12.2. The quantitative estimate of drug-likeness (QED) is 0.528. The molecule has 0 aromatic heterocycles. The number of nitrogens with zero attached hydrogens (tertiary/aromatic N) is 1. The summed E-state index contributed by atoms with van der Waals surface area (Å²) in [6.45, 7) is 0. The predicted molar refractivity (Wildman–Crippen MR) is 97.0 cm³/mol. The molecule has 2 rings (SSSR count). The number of nitrogens with one attached hydrogen (secondary N) is 1. The van der Waals surface area contributed by atoms with Gasteiger partial charge in [0.1, 0.15) is 23.2 Å². The summed E-state index contributed by atoms with van der Waals surface area (Å²) in [5.74, 6) is -0.809. The van der Waals surface area contributed by atoms with Crippen LogP contribution in [0.3, 0.4) is 0 Å². The monoisotopic (exact) mass is 452 g/mol. The van der Waals surface area contributed by atoms with Crippen LogP contribution in [0.2, 0.25) is 0 Å². The molecule has 1 N–H and O–H groups in total. The van der Waals surface area contributed by atoms with Crippen molar-refractivity contribution in [1.82, 2.24) is 0 Å². The molecule has 0 saturated heterocycles. The number of anilines is 1. The highest BCUT2D eigenvalue weighted by Gasteiger charge is 2.14. The lowest BCUT2D eigenvalue weighted by atomic mass is 10.1. The van der Waals surface area contributed by atoms with Crippen molar-refractivity contribution in [3.05, 3.63) is 62.3 Å². The molecule has 0 aliphatic rings. The molecule has 122 valence electrons. The normalized spacial score (nSPS) is 10.9. The van der Waals surface area contributed by atoms with Crippen molar-refractivity contribution in [2.45, 2.75) is 0 Å². The van der Waals surface area contributed by atoms with Gasteiger partial charge in [-0.3, -0.25) is 4.79 Å². The largest absolute Gasteiger partial charge is 0.495 e. The van der Waals surface area contributed by atoms with Gasteiger partial charge in [0.2, 0.25) is 0 Å². The van der Waals surface area contributed by atoms with Gasteiger partial charge in [-0.1, -0.05) is 28.1 Å². The highest BCUT2D eigenvalue weighted by Crippen LogP contribution is 2.34. The van der Waals surface area contributed by atoms with Gasteiger partial charge < -0.3 is 10.1 Å². The van der Waals surface area contributed by atoms with Crippen LogP contribution in [0.4, 0.5) is 10.1 Å². The fraction of sp³-hybridized carbons (Fsp3) is 0.0588. The summed E-state index contributed by atoms with van der Waals surface area (Å²) >= 11 is 6.69. The van der Waals surface area contributed by atoms with E-state index in [0.29, 0.717) is 15.8 Å². The smallest absolute Gasteiger partial charge is 0.266 e. The van der Waals surface area contributed by atoms with Crippen molar-refractivity contribution in [3.63, 3.8) is 0 Å². The Hall–Kier alpha value is -2.17. The fourth-order valence-electron chi connectivity index (χ4n) is 1.96. The Balaban J connectivity index is 2.38. The molecule has 1 amide bonds. The number of hydrogen-bond acceptors (Lipinski definition) is 3. The number of benzene rings is 2. The third-order valence-electron chi connectivity index (χ3n) is 3.03. The Morgan fingerprint density at radius 1 is 1.33 bits per heavy atom. The zero-order chi connectivity index (χ0) is 17.7. The van der Waals surface area contributed by atoms with E-state index in [0.717, 1.165) is 4.47 Å². The van der Waals surface area contributed by atoms with E-state index >= 15 is 0 Å². The minimum Gasteiger partial charge on any atom is -0.495 e. The lowest BCUT2D eigenvalue weighted by molar-refractivity contribution is -0.112. The van der Waals surface area contributed by atoms with E-state index in [9.17, 15) is 14.4 Å². The van der Waals surface area contributed by atoms with E-state index in [1.807, 2.05) is 6.07 Å². The van der Waals surface area contributed by atoms with Gasteiger partial charge in [-0.05, 0) is 46.3 Å². The molecule has 0 radical (unpaired) electrons. The van der Waals surface area contributed by atoms with Crippen molar-refractivity contribution in [2.75, 3.05) is 12.4 Å². The van der Waals surface area contributed by atoms with Gasteiger partial charge in [0.05, 0.1) is 17.3 Å². The first-order chi connectivity index (χ1) is 11.5. The average Bonchev–Trinajstić information content (AvgIpc) is 2.54. The van der Waals surface area contributed by atoms with E-state index in [-0.39, 0.29) is 11.3 Å². The molecule has 2 aromatic carbocycles. The van der Waals surface area contributed by atoms with Gasteiger partial charge >= 0.3 is 0 Å². The second kappa shape index (κ2) is 8.08. The van der Waals surface area contributed by atoms with Crippen molar-refractivity contribution >= 4 is 49.5 Å². The summed E-state index contributed by atoms with van der Waals surface area (Å²) in [6.07, 6.45) is 1.38. The summed E-state index contributed by atoms with van der Waals surface area (Å²) < 4.78 is 20.3. The number of amides is 1. The molecule has 0 aliphatic carbocycles. The second-order valence-corrected chi connectivity index (χ2v) is 6.38. The number of methoxy groups -OCH3 is 1. The maximum absolute atomic E-state index is 13.6. The van der Waals surface area contributed by atoms with Gasteiger partial charge in [-0.2, -0.15) is 5.26 Å². The molecule has 0 fully saturated rings. The van der Waals surface area contributed by atoms with Crippen LogP contribution in [-0.2, 0) is 4.79 Å². The van der Waals surface area contributed by atoms with Crippen LogP contribution in [0.5, 0.6) is 5.75 Å². The Bertz CT molecular complexity index is 860. The van der Waals surface area contributed by atoms with Crippen LogP contribution in [0.15, 0.2) is 50.9 Å². The van der Waals surface area contributed by atoms with Gasteiger partial charge in [-0.25, -0.2) is 4.39 Å². The number of rotatable bonds is 4. The molecular weight excluding hydrogens is 443 g/mol. The van der Waals surface area contributed by atoms with Gasteiger partial charge in [0, 0.05) is 10.0 Å². The Labute approximate surface area is 155 Å². The van der Waals surface area contributed by atoms with Crippen LogP contribution in [0.25, 0.3) is 6.08 Å². The molecule has 0 saturated carbocycles. The number of halogens is 3. The molecule has 0 bridgehead atoms. The lowest BCUT2D eigenvalue weighted by Crippen LogP contribution is -2.14. The van der Waals surface area contributed by atoms with Gasteiger partial charge in [0.15, 0.2) is 0 Å². The number of para-hydroxylation sites is 1. The lowest BCUT2D eigenvalue weighted by Gasteiger charge is -2.09. The van der Waals surface area contributed by atoms with Gasteiger partial charge in [-0.15, -0.1) is 0 Å². The van der Waals surface area contributed by atoms with E-state index in [1.54, 1.807) is 18.2 Å². The Kier molecular flexibility index (Phi) is 6.12. The maximum Gasteiger partial charge on any atom is 0.266 e. The Morgan fingerprint density at radius 2 is 2.04 bits per heavy atom. The third-order valence-corrected chi connectivity index (χ3v) is 4.08. The molecule has 0 unspecified atom stereocenters. The summed E-state index contributed by atoms with van der Waals surface area (Å²) in [7, 11) is 1.48. The van der Waals surface area contributed by atoms with Crippen molar-refractivity contribution in [2.24, 2.45) is 0 Å². The van der Waals surface area contributed by atoms with Crippen LogP contribution in [0, 0.1) is 17.1 Å². The number of carbonyl (C=O) groups is 1. The van der Waals surface area contributed by atoms with Crippen LogP contribution >= 0.6 is 31.9 Å². The number of nitriles is 1. The number of carbonyl (C=O) groups excluding carboxylic acids is 1. The molecule has 7 heteroatoms. The fourth-order valence-corrected chi connectivity index (χ4v) is 3.38. The number of ether oxygens (including phenoxy) is 1. The van der Waals surface area contributed by atoms with Crippen molar-refractivity contribution < 1.29 is 13.9 Å². The third kappa shape index (κ3) is 4.22. The zero-order valence-corrected chi connectivity index (χ0v) is 15.6. The summed E-state index contributed by atoms with van der Waals surface area (Å²) in [5.41, 5.74) is 0.353. The molecule has 24 heavy (non-hydrogen) atoms. The van der Waals surface area contributed by atoms with Crippen LogP contribution in [0.1, 0.15) is 5.56 Å². The molecule has 0 atom stereocenters. The van der Waals surface area contributed by atoms with E-state index in [4.69, 9.17) is 4.74 Å². The molecule has 2 aromatic rings. The molecule has 0 aliphatic heterocycles. The zero-order valence-electron chi connectivity index (χ0n) is 12.4. The van der Waals surface area contributed by atoms with Gasteiger partial charge in [0.25, 0.3) is 5.91 Å².